The Bertz CT molecular complexity index is 701. The lowest BCUT2D eigenvalue weighted by molar-refractivity contribution is 0.0189. The fourth-order valence-corrected chi connectivity index (χ4v) is 3.78. The molecule has 1 saturated carbocycles. The maximum atomic E-state index is 9.94. The SMILES string of the molecule is OC1CCC(CCc2ccc3cc4c(nc3c2)NCC4)C1O. The normalized spacial score (nSPS) is 27.1. The summed E-state index contributed by atoms with van der Waals surface area (Å²) in [5.74, 6) is 1.25. The molecule has 0 radical (unpaired) electrons. The molecule has 0 bridgehead atoms. The van der Waals surface area contributed by atoms with Crippen LogP contribution in [-0.4, -0.2) is 33.9 Å². The highest BCUT2D eigenvalue weighted by Crippen LogP contribution is 2.31. The second-order valence-corrected chi connectivity index (χ2v) is 6.63. The zero-order valence-corrected chi connectivity index (χ0v) is 12.6. The predicted octanol–water partition coefficient (Wildman–Crippen LogP) is 2.27. The summed E-state index contributed by atoms with van der Waals surface area (Å²) in [5.41, 5.74) is 3.60. The van der Waals surface area contributed by atoms with E-state index in [0.29, 0.717) is 0 Å². The van der Waals surface area contributed by atoms with Crippen molar-refractivity contribution in [3.05, 3.63) is 35.4 Å². The van der Waals surface area contributed by atoms with Gasteiger partial charge < -0.3 is 15.5 Å². The molecular formula is C18H22N2O2. The number of nitrogens with zero attached hydrogens (tertiary/aromatic N) is 1. The number of aliphatic hydroxyl groups is 2. The van der Waals surface area contributed by atoms with Gasteiger partial charge in [0, 0.05) is 11.9 Å². The number of aryl methyl sites for hydroxylation is 1. The molecule has 0 amide bonds. The summed E-state index contributed by atoms with van der Waals surface area (Å²) < 4.78 is 0. The molecule has 2 aromatic rings. The Morgan fingerprint density at radius 3 is 2.91 bits per heavy atom. The maximum Gasteiger partial charge on any atom is 0.129 e. The average molecular weight is 298 g/mol. The molecule has 3 unspecified atom stereocenters. The smallest absolute Gasteiger partial charge is 0.129 e. The van der Waals surface area contributed by atoms with Gasteiger partial charge in [0.05, 0.1) is 17.7 Å². The van der Waals surface area contributed by atoms with Crippen molar-refractivity contribution in [2.45, 2.75) is 44.3 Å². The molecule has 3 atom stereocenters. The van der Waals surface area contributed by atoms with E-state index in [0.717, 1.165) is 50.0 Å². The standard InChI is InChI=1S/C18H22N2O2/c21-16-6-5-12(17(16)22)3-1-11-2-4-13-10-14-7-8-19-18(14)20-15(13)9-11/h2,4,9-10,12,16-17,21-22H,1,3,5-8H2,(H,19,20). The molecule has 22 heavy (non-hydrogen) atoms. The van der Waals surface area contributed by atoms with Crippen LogP contribution in [0.5, 0.6) is 0 Å². The van der Waals surface area contributed by atoms with Crippen LogP contribution < -0.4 is 5.32 Å². The molecule has 4 nitrogen and oxygen atoms in total. The lowest BCUT2D eigenvalue weighted by atomic mass is 9.95. The Kier molecular flexibility index (Phi) is 3.51. The molecule has 4 rings (SSSR count). The van der Waals surface area contributed by atoms with E-state index in [2.05, 4.69) is 29.6 Å². The average Bonchev–Trinajstić information content (AvgIpc) is 3.10. The van der Waals surface area contributed by atoms with Gasteiger partial charge in [-0.15, -0.1) is 0 Å². The van der Waals surface area contributed by atoms with Gasteiger partial charge in [0.2, 0.25) is 0 Å². The molecule has 116 valence electrons. The van der Waals surface area contributed by atoms with Crippen LogP contribution in [0.4, 0.5) is 5.82 Å². The van der Waals surface area contributed by atoms with Crippen molar-refractivity contribution in [2.24, 2.45) is 5.92 Å². The third-order valence-electron chi connectivity index (χ3n) is 5.16. The summed E-state index contributed by atoms with van der Waals surface area (Å²) in [7, 11) is 0. The topological polar surface area (TPSA) is 65.4 Å². The van der Waals surface area contributed by atoms with Crippen molar-refractivity contribution >= 4 is 16.7 Å². The van der Waals surface area contributed by atoms with Gasteiger partial charge in [-0.3, -0.25) is 0 Å². The van der Waals surface area contributed by atoms with Crippen molar-refractivity contribution in [3.8, 4) is 0 Å². The van der Waals surface area contributed by atoms with Gasteiger partial charge in [-0.2, -0.15) is 0 Å². The lowest BCUT2D eigenvalue weighted by Gasteiger charge is -2.16. The van der Waals surface area contributed by atoms with Crippen molar-refractivity contribution < 1.29 is 10.2 Å². The second-order valence-electron chi connectivity index (χ2n) is 6.63. The highest BCUT2D eigenvalue weighted by atomic mass is 16.3. The zero-order valence-electron chi connectivity index (χ0n) is 12.6. The van der Waals surface area contributed by atoms with E-state index < -0.39 is 12.2 Å². The van der Waals surface area contributed by atoms with Gasteiger partial charge >= 0.3 is 0 Å². The van der Waals surface area contributed by atoms with E-state index in [1.165, 1.54) is 16.5 Å². The van der Waals surface area contributed by atoms with E-state index in [-0.39, 0.29) is 5.92 Å². The number of anilines is 1. The molecule has 0 saturated heterocycles. The molecule has 1 aliphatic heterocycles. The first-order valence-electron chi connectivity index (χ1n) is 8.23. The number of hydrogen-bond donors (Lipinski definition) is 3. The molecule has 2 aliphatic rings. The molecule has 4 heteroatoms. The summed E-state index contributed by atoms with van der Waals surface area (Å²) in [6, 6.07) is 8.71. The van der Waals surface area contributed by atoms with Gasteiger partial charge in [0.25, 0.3) is 0 Å². The van der Waals surface area contributed by atoms with Crippen LogP contribution >= 0.6 is 0 Å². The Balaban J connectivity index is 1.52. The van der Waals surface area contributed by atoms with Gasteiger partial charge in [-0.1, -0.05) is 12.1 Å². The second kappa shape index (κ2) is 5.52. The fraction of sp³-hybridized carbons (Fsp3) is 0.500. The molecule has 3 N–H and O–H groups in total. The Hall–Kier alpha value is -1.65. The van der Waals surface area contributed by atoms with Gasteiger partial charge in [0.15, 0.2) is 0 Å². The molecule has 1 aromatic carbocycles. The Morgan fingerprint density at radius 1 is 1.18 bits per heavy atom. The van der Waals surface area contributed by atoms with Crippen LogP contribution in [0.3, 0.4) is 0 Å². The number of aromatic nitrogens is 1. The van der Waals surface area contributed by atoms with Gasteiger partial charge in [0.1, 0.15) is 5.82 Å². The quantitative estimate of drug-likeness (QED) is 0.813. The first-order valence-corrected chi connectivity index (χ1v) is 8.23. The number of fused-ring (bicyclic) bond motifs is 2. The predicted molar refractivity (Wildman–Crippen MR) is 87.0 cm³/mol. The van der Waals surface area contributed by atoms with E-state index in [1.54, 1.807) is 0 Å². The minimum atomic E-state index is -0.550. The molecule has 1 aliphatic carbocycles. The minimum Gasteiger partial charge on any atom is -0.390 e. The molecule has 1 fully saturated rings. The van der Waals surface area contributed by atoms with Crippen LogP contribution in [-0.2, 0) is 12.8 Å². The molecule has 2 heterocycles. The van der Waals surface area contributed by atoms with Crippen LogP contribution in [0.25, 0.3) is 10.9 Å². The minimum absolute atomic E-state index is 0.223. The maximum absolute atomic E-state index is 9.94. The van der Waals surface area contributed by atoms with E-state index in [4.69, 9.17) is 4.98 Å². The largest absolute Gasteiger partial charge is 0.390 e. The summed E-state index contributed by atoms with van der Waals surface area (Å²) in [5, 5.41) is 24.1. The van der Waals surface area contributed by atoms with Gasteiger partial charge in [-0.25, -0.2) is 4.98 Å². The van der Waals surface area contributed by atoms with Crippen LogP contribution in [0.1, 0.15) is 30.4 Å². The number of nitrogens with one attached hydrogen (secondary N) is 1. The first kappa shape index (κ1) is 14.0. The third-order valence-corrected chi connectivity index (χ3v) is 5.16. The third kappa shape index (κ3) is 2.46. The van der Waals surface area contributed by atoms with Crippen molar-refractivity contribution in [3.63, 3.8) is 0 Å². The van der Waals surface area contributed by atoms with E-state index >= 15 is 0 Å². The van der Waals surface area contributed by atoms with Crippen molar-refractivity contribution in [2.75, 3.05) is 11.9 Å². The van der Waals surface area contributed by atoms with Crippen LogP contribution in [0.15, 0.2) is 24.3 Å². The van der Waals surface area contributed by atoms with Crippen LogP contribution in [0.2, 0.25) is 0 Å². The molecular weight excluding hydrogens is 276 g/mol. The number of benzene rings is 1. The zero-order chi connectivity index (χ0) is 15.1. The monoisotopic (exact) mass is 298 g/mol. The van der Waals surface area contributed by atoms with Crippen LogP contribution in [0, 0.1) is 5.92 Å². The fourth-order valence-electron chi connectivity index (χ4n) is 3.78. The number of pyridine rings is 1. The van der Waals surface area contributed by atoms with Crippen molar-refractivity contribution in [1.29, 1.82) is 0 Å². The first-order chi connectivity index (χ1) is 10.7. The Morgan fingerprint density at radius 2 is 2.09 bits per heavy atom. The van der Waals surface area contributed by atoms with Crippen molar-refractivity contribution in [1.82, 2.24) is 4.98 Å². The molecule has 0 spiro atoms. The van der Waals surface area contributed by atoms with E-state index in [1.807, 2.05) is 0 Å². The summed E-state index contributed by atoms with van der Waals surface area (Å²) in [6.45, 7) is 0.980. The Labute approximate surface area is 130 Å². The number of aliphatic hydroxyl groups excluding tert-OH is 2. The summed E-state index contributed by atoms with van der Waals surface area (Å²) in [4.78, 5) is 4.72. The summed E-state index contributed by atoms with van der Waals surface area (Å²) >= 11 is 0. The highest BCUT2D eigenvalue weighted by molar-refractivity contribution is 5.83. The van der Waals surface area contributed by atoms with Gasteiger partial charge in [-0.05, 0) is 61.3 Å². The van der Waals surface area contributed by atoms with E-state index in [9.17, 15) is 10.2 Å². The highest BCUT2D eigenvalue weighted by Gasteiger charge is 2.32. The number of rotatable bonds is 3. The lowest BCUT2D eigenvalue weighted by Crippen LogP contribution is -2.25. The molecule has 1 aromatic heterocycles. The summed E-state index contributed by atoms with van der Waals surface area (Å²) in [6.07, 6.45) is 3.47. The number of hydrogen-bond acceptors (Lipinski definition) is 4.